The fourth-order valence-electron chi connectivity index (χ4n) is 1.79. The highest BCUT2D eigenvalue weighted by Crippen LogP contribution is 2.28. The van der Waals surface area contributed by atoms with E-state index in [-0.39, 0.29) is 5.82 Å². The quantitative estimate of drug-likeness (QED) is 0.423. The van der Waals surface area contributed by atoms with Crippen molar-refractivity contribution in [2.45, 2.75) is 16.7 Å². The van der Waals surface area contributed by atoms with Crippen LogP contribution in [-0.2, 0) is 12.4 Å². The van der Waals surface area contributed by atoms with Crippen molar-refractivity contribution < 1.29 is 9.13 Å². The molecule has 5 nitrogen and oxygen atoms in total. The summed E-state index contributed by atoms with van der Waals surface area (Å²) in [5, 5.41) is 15.0. The fourth-order valence-corrected chi connectivity index (χ4v) is 4.25. The molecule has 0 fully saturated rings. The van der Waals surface area contributed by atoms with Gasteiger partial charge in [-0.3, -0.25) is 0 Å². The van der Waals surface area contributed by atoms with Gasteiger partial charge >= 0.3 is 0 Å². The van der Waals surface area contributed by atoms with Gasteiger partial charge in [-0.05, 0) is 24.3 Å². The predicted octanol–water partition coefficient (Wildman–Crippen LogP) is 4.60. The SMILES string of the molecule is C=CCNc1nnc(SCc2csc(COc3ccc(F)cc3)n2)s1. The molecule has 0 aliphatic heterocycles. The molecule has 130 valence electrons. The fraction of sp³-hybridized carbons (Fsp3) is 0.188. The number of hydrogen-bond donors (Lipinski definition) is 1. The van der Waals surface area contributed by atoms with Crippen molar-refractivity contribution in [1.82, 2.24) is 15.2 Å². The third-order valence-corrected chi connectivity index (χ3v) is 5.84. The lowest BCUT2D eigenvalue weighted by molar-refractivity contribution is 0.305. The van der Waals surface area contributed by atoms with Gasteiger partial charge in [-0.25, -0.2) is 9.37 Å². The molecule has 9 heteroatoms. The molecule has 3 aromatic rings. The molecule has 0 atom stereocenters. The third kappa shape index (κ3) is 5.52. The molecule has 1 N–H and O–H groups in total. The number of ether oxygens (including phenoxy) is 1. The first-order chi connectivity index (χ1) is 12.2. The molecule has 0 radical (unpaired) electrons. The van der Waals surface area contributed by atoms with Crippen LogP contribution in [0.4, 0.5) is 9.52 Å². The summed E-state index contributed by atoms with van der Waals surface area (Å²) in [7, 11) is 0. The Hall–Kier alpha value is -1.97. The minimum Gasteiger partial charge on any atom is -0.486 e. The van der Waals surface area contributed by atoms with Gasteiger partial charge < -0.3 is 10.1 Å². The summed E-state index contributed by atoms with van der Waals surface area (Å²) in [5.41, 5.74) is 0.975. The van der Waals surface area contributed by atoms with E-state index in [1.165, 1.54) is 23.5 Å². The van der Waals surface area contributed by atoms with E-state index < -0.39 is 0 Å². The molecule has 0 spiro atoms. The molecule has 3 rings (SSSR count). The number of halogens is 1. The monoisotopic (exact) mass is 394 g/mol. The molecule has 0 amide bonds. The summed E-state index contributed by atoms with van der Waals surface area (Å²) in [6.07, 6.45) is 1.78. The van der Waals surface area contributed by atoms with Gasteiger partial charge in [-0.2, -0.15) is 0 Å². The molecule has 0 bridgehead atoms. The van der Waals surface area contributed by atoms with Crippen molar-refractivity contribution in [2.24, 2.45) is 0 Å². The Balaban J connectivity index is 1.47. The summed E-state index contributed by atoms with van der Waals surface area (Å²) < 4.78 is 19.3. The number of thiazole rings is 1. The first kappa shape index (κ1) is 17.8. The molecular weight excluding hydrogens is 379 g/mol. The Morgan fingerprint density at radius 2 is 2.12 bits per heavy atom. The van der Waals surface area contributed by atoms with Gasteiger partial charge in [-0.1, -0.05) is 29.2 Å². The van der Waals surface area contributed by atoms with Gasteiger partial charge in [0.15, 0.2) is 4.34 Å². The zero-order chi connectivity index (χ0) is 17.5. The Kier molecular flexibility index (Phi) is 6.37. The molecule has 25 heavy (non-hydrogen) atoms. The number of nitrogens with zero attached hydrogens (tertiary/aromatic N) is 3. The van der Waals surface area contributed by atoms with E-state index in [2.05, 4.69) is 27.1 Å². The number of nitrogens with one attached hydrogen (secondary N) is 1. The van der Waals surface area contributed by atoms with Crippen molar-refractivity contribution >= 4 is 39.6 Å². The number of thioether (sulfide) groups is 1. The normalized spacial score (nSPS) is 10.6. The maximum atomic E-state index is 12.9. The minimum atomic E-state index is -0.277. The van der Waals surface area contributed by atoms with Gasteiger partial charge in [0, 0.05) is 17.7 Å². The Labute approximate surface area is 157 Å². The number of hydrogen-bond acceptors (Lipinski definition) is 8. The molecule has 0 aliphatic carbocycles. The first-order valence-corrected chi connectivity index (χ1v) is 10.0. The van der Waals surface area contributed by atoms with Crippen LogP contribution in [0.3, 0.4) is 0 Å². The van der Waals surface area contributed by atoms with Crippen LogP contribution in [0.2, 0.25) is 0 Å². The van der Waals surface area contributed by atoms with E-state index >= 15 is 0 Å². The van der Waals surface area contributed by atoms with E-state index in [1.807, 2.05) is 5.38 Å². The van der Waals surface area contributed by atoms with Gasteiger partial charge in [0.2, 0.25) is 5.13 Å². The maximum absolute atomic E-state index is 12.9. The van der Waals surface area contributed by atoms with Crippen LogP contribution in [0.15, 0.2) is 46.6 Å². The molecule has 2 heterocycles. The van der Waals surface area contributed by atoms with Crippen LogP contribution in [-0.4, -0.2) is 21.7 Å². The number of aromatic nitrogens is 3. The predicted molar refractivity (Wildman–Crippen MR) is 101 cm³/mol. The second-order valence-corrected chi connectivity index (χ2v) is 7.95. The smallest absolute Gasteiger partial charge is 0.206 e. The van der Waals surface area contributed by atoms with E-state index in [4.69, 9.17) is 4.74 Å². The van der Waals surface area contributed by atoms with E-state index in [1.54, 1.807) is 41.3 Å². The zero-order valence-electron chi connectivity index (χ0n) is 13.1. The first-order valence-electron chi connectivity index (χ1n) is 7.35. The molecule has 2 aromatic heterocycles. The highest BCUT2D eigenvalue weighted by Gasteiger charge is 2.08. The second-order valence-electron chi connectivity index (χ2n) is 4.81. The third-order valence-electron chi connectivity index (χ3n) is 2.92. The van der Waals surface area contributed by atoms with Crippen LogP contribution in [0, 0.1) is 5.82 Å². The van der Waals surface area contributed by atoms with E-state index in [0.717, 1.165) is 25.9 Å². The Morgan fingerprint density at radius 1 is 1.28 bits per heavy atom. The van der Waals surface area contributed by atoms with Gasteiger partial charge in [0.05, 0.1) is 5.69 Å². The van der Waals surface area contributed by atoms with Gasteiger partial charge in [0.1, 0.15) is 23.2 Å². The summed E-state index contributed by atoms with van der Waals surface area (Å²) in [4.78, 5) is 4.54. The molecule has 0 saturated carbocycles. The zero-order valence-corrected chi connectivity index (χ0v) is 15.6. The Morgan fingerprint density at radius 3 is 2.92 bits per heavy atom. The average molecular weight is 395 g/mol. The second kappa shape index (κ2) is 8.93. The lowest BCUT2D eigenvalue weighted by Gasteiger charge is -2.03. The van der Waals surface area contributed by atoms with E-state index in [0.29, 0.717) is 18.9 Å². The maximum Gasteiger partial charge on any atom is 0.206 e. The van der Waals surface area contributed by atoms with Crippen LogP contribution < -0.4 is 10.1 Å². The van der Waals surface area contributed by atoms with Gasteiger partial charge in [-0.15, -0.1) is 28.1 Å². The van der Waals surface area contributed by atoms with Crippen LogP contribution in [0.25, 0.3) is 0 Å². The van der Waals surface area contributed by atoms with Crippen molar-refractivity contribution in [3.05, 3.63) is 58.8 Å². The number of rotatable bonds is 9. The Bertz CT molecular complexity index is 819. The summed E-state index contributed by atoms with van der Waals surface area (Å²) in [6, 6.07) is 5.96. The topological polar surface area (TPSA) is 59.9 Å². The standard InChI is InChI=1S/C16H15FN4OS3/c1-2-7-18-15-20-21-16(25-15)24-10-12-9-23-14(19-12)8-22-13-5-3-11(17)4-6-13/h2-6,9H,1,7-8,10H2,(H,18,20). The van der Waals surface area contributed by atoms with Crippen LogP contribution >= 0.6 is 34.4 Å². The minimum absolute atomic E-state index is 0.277. The van der Waals surface area contributed by atoms with Crippen molar-refractivity contribution in [1.29, 1.82) is 0 Å². The molecule has 0 unspecified atom stereocenters. The van der Waals surface area contributed by atoms with Crippen LogP contribution in [0.1, 0.15) is 10.7 Å². The van der Waals surface area contributed by atoms with Crippen LogP contribution in [0.5, 0.6) is 5.75 Å². The van der Waals surface area contributed by atoms with Crippen molar-refractivity contribution in [2.75, 3.05) is 11.9 Å². The summed E-state index contributed by atoms with van der Waals surface area (Å²) in [6.45, 7) is 4.69. The number of anilines is 1. The highest BCUT2D eigenvalue weighted by molar-refractivity contribution is 8.00. The number of benzene rings is 1. The summed E-state index contributed by atoms with van der Waals surface area (Å²) in [5.74, 6) is 1.07. The average Bonchev–Trinajstić information content (AvgIpc) is 3.27. The lowest BCUT2D eigenvalue weighted by Crippen LogP contribution is -1.96. The largest absolute Gasteiger partial charge is 0.486 e. The highest BCUT2D eigenvalue weighted by atomic mass is 32.2. The molecule has 0 aliphatic rings. The molecular formula is C16H15FN4OS3. The van der Waals surface area contributed by atoms with Crippen molar-refractivity contribution in [3.8, 4) is 5.75 Å². The molecule has 0 saturated heterocycles. The lowest BCUT2D eigenvalue weighted by atomic mass is 10.3. The van der Waals surface area contributed by atoms with E-state index in [9.17, 15) is 4.39 Å². The van der Waals surface area contributed by atoms with Gasteiger partial charge in [0.25, 0.3) is 0 Å². The summed E-state index contributed by atoms with van der Waals surface area (Å²) >= 11 is 4.65. The van der Waals surface area contributed by atoms with Crippen molar-refractivity contribution in [3.63, 3.8) is 0 Å². The molecule has 1 aromatic carbocycles.